The van der Waals surface area contributed by atoms with Crippen LogP contribution in [0.15, 0.2) is 12.1 Å². The second kappa shape index (κ2) is 6.79. The van der Waals surface area contributed by atoms with E-state index in [4.69, 9.17) is 10.5 Å². The third-order valence-corrected chi connectivity index (χ3v) is 3.72. The zero-order chi connectivity index (χ0) is 14.4. The Hall–Kier alpha value is -1.49. The van der Waals surface area contributed by atoms with Crippen LogP contribution in [0, 0.1) is 0 Å². The topological polar surface area (TPSA) is 80.4 Å². The maximum atomic E-state index is 10.5. The fraction of sp³-hybridized carbons (Fsp3) is 0.667. The molecular formula is C15H25N3O2. The average Bonchev–Trinajstić information content (AvgIpc) is 2.46. The van der Waals surface area contributed by atoms with E-state index in [1.165, 1.54) is 6.42 Å². The van der Waals surface area contributed by atoms with Gasteiger partial charge in [-0.05, 0) is 31.4 Å². The van der Waals surface area contributed by atoms with Crippen LogP contribution < -0.4 is 15.8 Å². The van der Waals surface area contributed by atoms with Crippen molar-refractivity contribution in [1.82, 2.24) is 4.98 Å². The maximum Gasteiger partial charge on any atom is 0.239 e. The Kier molecular flexibility index (Phi) is 5.06. The van der Waals surface area contributed by atoms with Gasteiger partial charge >= 0.3 is 0 Å². The van der Waals surface area contributed by atoms with Crippen LogP contribution in [0.4, 0.5) is 11.5 Å². The van der Waals surface area contributed by atoms with Crippen LogP contribution in [0.5, 0.6) is 5.88 Å². The molecule has 0 radical (unpaired) electrons. The molecule has 5 nitrogen and oxygen atoms in total. The Labute approximate surface area is 120 Å². The van der Waals surface area contributed by atoms with E-state index in [0.29, 0.717) is 30.5 Å². The predicted molar refractivity (Wildman–Crippen MR) is 81.0 cm³/mol. The molecule has 1 heterocycles. The molecule has 1 saturated carbocycles. The molecule has 112 valence electrons. The lowest BCUT2D eigenvalue weighted by Crippen LogP contribution is -2.38. The number of nitrogens with one attached hydrogen (secondary N) is 1. The van der Waals surface area contributed by atoms with Crippen LogP contribution in [0.3, 0.4) is 0 Å². The highest BCUT2D eigenvalue weighted by Gasteiger charge is 2.28. The highest BCUT2D eigenvalue weighted by Crippen LogP contribution is 2.28. The van der Waals surface area contributed by atoms with E-state index in [2.05, 4.69) is 10.3 Å². The number of rotatable bonds is 6. The average molecular weight is 279 g/mol. The van der Waals surface area contributed by atoms with Gasteiger partial charge < -0.3 is 20.9 Å². The van der Waals surface area contributed by atoms with Crippen LogP contribution in [0.25, 0.3) is 0 Å². The summed E-state index contributed by atoms with van der Waals surface area (Å²) >= 11 is 0. The summed E-state index contributed by atoms with van der Waals surface area (Å²) in [6.45, 7) is 3.17. The minimum atomic E-state index is -0.605. The summed E-state index contributed by atoms with van der Waals surface area (Å²) < 4.78 is 5.50. The van der Waals surface area contributed by atoms with Crippen LogP contribution in [-0.2, 0) is 0 Å². The van der Waals surface area contributed by atoms with Crippen molar-refractivity contribution < 1.29 is 9.84 Å². The largest absolute Gasteiger partial charge is 0.476 e. The lowest BCUT2D eigenvalue weighted by Gasteiger charge is -2.32. The van der Waals surface area contributed by atoms with Gasteiger partial charge in [-0.25, -0.2) is 0 Å². The smallest absolute Gasteiger partial charge is 0.239 e. The quantitative estimate of drug-likeness (QED) is 0.745. The monoisotopic (exact) mass is 279 g/mol. The summed E-state index contributed by atoms with van der Waals surface area (Å²) in [6, 6.07) is 3.60. The number of anilines is 2. The fourth-order valence-electron chi connectivity index (χ4n) is 2.51. The van der Waals surface area contributed by atoms with Crippen molar-refractivity contribution in [1.29, 1.82) is 0 Å². The first kappa shape index (κ1) is 14.9. The second-order valence-electron chi connectivity index (χ2n) is 5.58. The normalized spacial score (nSPS) is 17.7. The van der Waals surface area contributed by atoms with Gasteiger partial charge in [0.25, 0.3) is 0 Å². The van der Waals surface area contributed by atoms with E-state index in [0.717, 1.165) is 32.1 Å². The summed E-state index contributed by atoms with van der Waals surface area (Å²) in [4.78, 5) is 4.36. The number of hydrogen-bond acceptors (Lipinski definition) is 5. The lowest BCUT2D eigenvalue weighted by molar-refractivity contribution is 0.0166. The molecule has 0 aromatic carbocycles. The van der Waals surface area contributed by atoms with Crippen molar-refractivity contribution in [2.24, 2.45) is 0 Å². The van der Waals surface area contributed by atoms with Gasteiger partial charge in [-0.15, -0.1) is 0 Å². The molecule has 1 aromatic heterocycles. The molecule has 1 aromatic rings. The molecule has 0 atom stereocenters. The Bertz CT molecular complexity index is 431. The zero-order valence-electron chi connectivity index (χ0n) is 12.2. The number of nitrogens with zero attached hydrogens (tertiary/aromatic N) is 1. The van der Waals surface area contributed by atoms with E-state index in [-0.39, 0.29) is 0 Å². The van der Waals surface area contributed by atoms with E-state index in [1.54, 1.807) is 6.07 Å². The van der Waals surface area contributed by atoms with Crippen molar-refractivity contribution in [3.63, 3.8) is 0 Å². The van der Waals surface area contributed by atoms with Crippen LogP contribution in [0.1, 0.15) is 45.4 Å². The van der Waals surface area contributed by atoms with E-state index < -0.39 is 5.60 Å². The molecule has 0 amide bonds. The number of pyridine rings is 1. The zero-order valence-corrected chi connectivity index (χ0v) is 12.2. The van der Waals surface area contributed by atoms with Crippen molar-refractivity contribution >= 4 is 11.5 Å². The fourth-order valence-corrected chi connectivity index (χ4v) is 2.51. The minimum Gasteiger partial charge on any atom is -0.476 e. The van der Waals surface area contributed by atoms with E-state index >= 15 is 0 Å². The molecule has 1 fully saturated rings. The van der Waals surface area contributed by atoms with Gasteiger partial charge in [-0.2, -0.15) is 4.98 Å². The van der Waals surface area contributed by atoms with Crippen LogP contribution >= 0.6 is 0 Å². The predicted octanol–water partition coefficient (Wildman–Crippen LogP) is 2.56. The van der Waals surface area contributed by atoms with Crippen LogP contribution in [0.2, 0.25) is 0 Å². The second-order valence-corrected chi connectivity index (χ2v) is 5.58. The van der Waals surface area contributed by atoms with Gasteiger partial charge in [0.05, 0.1) is 17.9 Å². The SMILES string of the molecule is CCCOc1nc(NCC2(O)CCCCC2)ccc1N. The molecule has 0 unspecified atom stereocenters. The highest BCUT2D eigenvalue weighted by atomic mass is 16.5. The summed E-state index contributed by atoms with van der Waals surface area (Å²) in [5, 5.41) is 13.7. The summed E-state index contributed by atoms with van der Waals surface area (Å²) in [6.07, 6.45) is 6.04. The number of aromatic nitrogens is 1. The summed E-state index contributed by atoms with van der Waals surface area (Å²) in [5.41, 5.74) is 5.77. The molecule has 0 saturated heterocycles. The molecular weight excluding hydrogens is 254 g/mol. The van der Waals surface area contributed by atoms with Gasteiger partial charge in [0, 0.05) is 6.54 Å². The van der Waals surface area contributed by atoms with Crippen molar-refractivity contribution in [2.75, 3.05) is 24.2 Å². The third kappa shape index (κ3) is 4.00. The molecule has 5 heteroatoms. The standard InChI is InChI=1S/C15H25N3O2/c1-2-10-20-14-12(16)6-7-13(18-14)17-11-15(19)8-4-3-5-9-15/h6-7,19H,2-5,8-11,16H2,1H3,(H,17,18). The van der Waals surface area contributed by atoms with E-state index in [1.807, 2.05) is 13.0 Å². The molecule has 4 N–H and O–H groups in total. The number of aliphatic hydroxyl groups is 1. The van der Waals surface area contributed by atoms with Crippen LogP contribution in [-0.4, -0.2) is 28.8 Å². The van der Waals surface area contributed by atoms with Gasteiger partial charge in [0.15, 0.2) is 0 Å². The lowest BCUT2D eigenvalue weighted by atomic mass is 9.85. The van der Waals surface area contributed by atoms with Gasteiger partial charge in [-0.3, -0.25) is 0 Å². The first-order valence-corrected chi connectivity index (χ1v) is 7.48. The molecule has 0 aliphatic heterocycles. The summed E-state index contributed by atoms with van der Waals surface area (Å²) in [5.74, 6) is 1.16. The number of nitrogen functional groups attached to an aromatic ring is 1. The highest BCUT2D eigenvalue weighted by molar-refractivity contribution is 5.53. The minimum absolute atomic E-state index is 0.465. The first-order valence-electron chi connectivity index (χ1n) is 7.48. The molecule has 1 aliphatic carbocycles. The maximum absolute atomic E-state index is 10.5. The van der Waals surface area contributed by atoms with Gasteiger partial charge in [0.1, 0.15) is 5.82 Å². The number of hydrogen-bond donors (Lipinski definition) is 3. The van der Waals surface area contributed by atoms with Gasteiger partial charge in [0.2, 0.25) is 5.88 Å². The third-order valence-electron chi connectivity index (χ3n) is 3.72. The van der Waals surface area contributed by atoms with Crippen molar-refractivity contribution in [2.45, 2.75) is 51.0 Å². The first-order chi connectivity index (χ1) is 9.63. The van der Waals surface area contributed by atoms with Gasteiger partial charge in [-0.1, -0.05) is 26.2 Å². The summed E-state index contributed by atoms with van der Waals surface area (Å²) in [7, 11) is 0. The molecule has 0 bridgehead atoms. The Morgan fingerprint density at radius 3 is 2.80 bits per heavy atom. The molecule has 1 aliphatic rings. The molecule has 0 spiro atoms. The Morgan fingerprint density at radius 2 is 2.10 bits per heavy atom. The Balaban J connectivity index is 1.95. The van der Waals surface area contributed by atoms with E-state index in [9.17, 15) is 5.11 Å². The number of nitrogens with two attached hydrogens (primary N) is 1. The molecule has 2 rings (SSSR count). The van der Waals surface area contributed by atoms with Crippen molar-refractivity contribution in [3.8, 4) is 5.88 Å². The molecule has 20 heavy (non-hydrogen) atoms. The Morgan fingerprint density at radius 1 is 1.35 bits per heavy atom. The number of ether oxygens (including phenoxy) is 1. The van der Waals surface area contributed by atoms with Crippen molar-refractivity contribution in [3.05, 3.63) is 12.1 Å².